The largest absolute Gasteiger partial charge is 0.387 e. The van der Waals surface area contributed by atoms with Gasteiger partial charge in [0, 0.05) is 42.0 Å². The molecule has 0 radical (unpaired) electrons. The lowest BCUT2D eigenvalue weighted by Gasteiger charge is -2.19. The molecule has 0 saturated heterocycles. The number of hydrogen-bond donors (Lipinski definition) is 1. The quantitative estimate of drug-likeness (QED) is 0.386. The molecule has 1 N–H and O–H groups in total. The summed E-state index contributed by atoms with van der Waals surface area (Å²) in [6.07, 6.45) is 4.82. The van der Waals surface area contributed by atoms with Crippen molar-refractivity contribution in [2.45, 2.75) is 46.1 Å². The van der Waals surface area contributed by atoms with E-state index in [1.807, 2.05) is 7.05 Å². The third-order valence-electron chi connectivity index (χ3n) is 5.94. The summed E-state index contributed by atoms with van der Waals surface area (Å²) in [6.45, 7) is 11.8. The van der Waals surface area contributed by atoms with E-state index >= 15 is 0 Å². The third kappa shape index (κ3) is 3.17. The lowest BCUT2D eigenvalue weighted by molar-refractivity contribution is 0.797. The van der Waals surface area contributed by atoms with Gasteiger partial charge in [-0.1, -0.05) is 30.8 Å². The summed E-state index contributed by atoms with van der Waals surface area (Å²) in [4.78, 5) is 0. The first-order valence-electron chi connectivity index (χ1n) is 10.3. The minimum atomic E-state index is 0.744. The predicted molar refractivity (Wildman–Crippen MR) is 121 cm³/mol. The fraction of sp³-hybridized carbons (Fsp3) is 0.308. The predicted octanol–water partition coefficient (Wildman–Crippen LogP) is 6.51. The molecule has 2 nitrogen and oxygen atoms in total. The maximum atomic E-state index is 4.34. The van der Waals surface area contributed by atoms with Gasteiger partial charge in [0.05, 0.1) is 0 Å². The van der Waals surface area contributed by atoms with Gasteiger partial charge in [0.25, 0.3) is 0 Å². The van der Waals surface area contributed by atoms with E-state index < -0.39 is 0 Å². The van der Waals surface area contributed by atoms with E-state index in [0.717, 1.165) is 23.7 Å². The lowest BCUT2D eigenvalue weighted by atomic mass is 9.91. The standard InChI is InChI=1S/C26H30N2/c1-6-28-15-14-21-22(8-7-9-24(21)28)25(17(2)3)26(27-5)20-11-10-18(4)23(16-20)19-12-13-19/h7-11,14-16,19,27H,2,6,12-13H2,1,3-5H3/b26-25+. The van der Waals surface area contributed by atoms with Gasteiger partial charge in [-0.15, -0.1) is 0 Å². The Balaban J connectivity index is 1.95. The van der Waals surface area contributed by atoms with E-state index in [1.165, 1.54) is 51.6 Å². The van der Waals surface area contributed by atoms with E-state index in [-0.39, 0.29) is 0 Å². The van der Waals surface area contributed by atoms with Gasteiger partial charge in [0.15, 0.2) is 0 Å². The van der Waals surface area contributed by atoms with Gasteiger partial charge in [-0.2, -0.15) is 0 Å². The Morgan fingerprint density at radius 2 is 1.96 bits per heavy atom. The molecule has 0 unspecified atom stereocenters. The summed E-state index contributed by atoms with van der Waals surface area (Å²) in [5, 5.41) is 4.78. The molecule has 1 saturated carbocycles. The zero-order valence-electron chi connectivity index (χ0n) is 17.5. The number of allylic oxidation sites excluding steroid dienone is 2. The van der Waals surface area contributed by atoms with Crippen molar-refractivity contribution in [3.8, 4) is 0 Å². The van der Waals surface area contributed by atoms with Crippen LogP contribution in [-0.2, 0) is 6.54 Å². The summed E-state index contributed by atoms with van der Waals surface area (Å²) in [7, 11) is 2.02. The number of benzene rings is 2. The van der Waals surface area contributed by atoms with Crippen molar-refractivity contribution < 1.29 is 0 Å². The molecule has 3 aromatic rings. The minimum Gasteiger partial charge on any atom is -0.387 e. The highest BCUT2D eigenvalue weighted by Gasteiger charge is 2.26. The molecular weight excluding hydrogens is 340 g/mol. The summed E-state index contributed by atoms with van der Waals surface area (Å²) in [5.41, 5.74) is 10.1. The zero-order chi connectivity index (χ0) is 19.8. The second-order valence-electron chi connectivity index (χ2n) is 7.97. The van der Waals surface area contributed by atoms with E-state index in [0.29, 0.717) is 0 Å². The maximum absolute atomic E-state index is 4.34. The molecule has 144 valence electrons. The zero-order valence-corrected chi connectivity index (χ0v) is 17.5. The smallest absolute Gasteiger partial charge is 0.0493 e. The van der Waals surface area contributed by atoms with Crippen molar-refractivity contribution in [3.63, 3.8) is 0 Å². The Bertz CT molecular complexity index is 1080. The number of aryl methyl sites for hydroxylation is 2. The number of fused-ring (bicyclic) bond motifs is 1. The van der Waals surface area contributed by atoms with Crippen LogP contribution in [0, 0.1) is 6.92 Å². The number of aromatic nitrogens is 1. The van der Waals surface area contributed by atoms with Gasteiger partial charge in [0.2, 0.25) is 0 Å². The summed E-state index contributed by atoms with van der Waals surface area (Å²) in [5.74, 6) is 0.744. The second kappa shape index (κ2) is 7.35. The van der Waals surface area contributed by atoms with Crippen molar-refractivity contribution in [1.82, 2.24) is 9.88 Å². The van der Waals surface area contributed by atoms with Gasteiger partial charge < -0.3 is 9.88 Å². The Labute approximate surface area is 168 Å². The Morgan fingerprint density at radius 3 is 2.61 bits per heavy atom. The number of nitrogens with one attached hydrogen (secondary N) is 1. The molecule has 1 aliphatic carbocycles. The highest BCUT2D eigenvalue weighted by Crippen LogP contribution is 2.43. The Kier molecular flexibility index (Phi) is 4.89. The van der Waals surface area contributed by atoms with Gasteiger partial charge in [-0.05, 0) is 85.6 Å². The maximum Gasteiger partial charge on any atom is 0.0493 e. The first kappa shape index (κ1) is 18.6. The molecule has 28 heavy (non-hydrogen) atoms. The van der Waals surface area contributed by atoms with Gasteiger partial charge in [-0.3, -0.25) is 0 Å². The summed E-state index contributed by atoms with van der Waals surface area (Å²) >= 11 is 0. The molecule has 0 bridgehead atoms. The molecule has 0 spiro atoms. The lowest BCUT2D eigenvalue weighted by Crippen LogP contribution is -2.09. The van der Waals surface area contributed by atoms with Crippen LogP contribution in [0.4, 0.5) is 0 Å². The molecule has 4 rings (SSSR count). The molecule has 1 aromatic heterocycles. The first-order chi connectivity index (χ1) is 13.5. The van der Waals surface area contributed by atoms with E-state index in [4.69, 9.17) is 0 Å². The van der Waals surface area contributed by atoms with Crippen LogP contribution < -0.4 is 5.32 Å². The second-order valence-corrected chi connectivity index (χ2v) is 7.97. The van der Waals surface area contributed by atoms with Crippen molar-refractivity contribution >= 4 is 22.2 Å². The van der Waals surface area contributed by atoms with Crippen LogP contribution in [0.3, 0.4) is 0 Å². The van der Waals surface area contributed by atoms with Crippen molar-refractivity contribution in [1.29, 1.82) is 0 Å². The van der Waals surface area contributed by atoms with Crippen molar-refractivity contribution in [3.05, 3.63) is 83.1 Å². The van der Waals surface area contributed by atoms with Crippen LogP contribution in [0.15, 0.2) is 60.8 Å². The Morgan fingerprint density at radius 1 is 1.18 bits per heavy atom. The van der Waals surface area contributed by atoms with Gasteiger partial charge in [0.1, 0.15) is 0 Å². The molecule has 2 heteroatoms. The summed E-state index contributed by atoms with van der Waals surface area (Å²) < 4.78 is 2.30. The highest BCUT2D eigenvalue weighted by atomic mass is 14.9. The number of rotatable bonds is 6. The monoisotopic (exact) mass is 370 g/mol. The molecule has 0 aliphatic heterocycles. The molecule has 1 aliphatic rings. The average molecular weight is 371 g/mol. The molecule has 1 heterocycles. The fourth-order valence-corrected chi connectivity index (χ4v) is 4.34. The van der Waals surface area contributed by atoms with Crippen molar-refractivity contribution in [2.24, 2.45) is 0 Å². The SMILES string of the molecule is C=C(C)/C(=C(\NC)c1ccc(C)c(C2CC2)c1)c1cccc2c1ccn2CC. The van der Waals surface area contributed by atoms with Crippen LogP contribution in [0.5, 0.6) is 0 Å². The molecule has 2 aromatic carbocycles. The topological polar surface area (TPSA) is 17.0 Å². The summed E-state index contributed by atoms with van der Waals surface area (Å²) in [6, 6.07) is 15.7. The van der Waals surface area contributed by atoms with Crippen LogP contribution in [-0.4, -0.2) is 11.6 Å². The van der Waals surface area contributed by atoms with Crippen LogP contribution in [0.1, 0.15) is 54.9 Å². The fourth-order valence-electron chi connectivity index (χ4n) is 4.34. The Hall–Kier alpha value is -2.74. The molecular formula is C26H30N2. The van der Waals surface area contributed by atoms with Crippen LogP contribution in [0.2, 0.25) is 0 Å². The minimum absolute atomic E-state index is 0.744. The van der Waals surface area contributed by atoms with Crippen LogP contribution in [0.25, 0.3) is 22.2 Å². The normalized spacial score (nSPS) is 14.9. The van der Waals surface area contributed by atoms with Crippen molar-refractivity contribution in [2.75, 3.05) is 7.05 Å². The average Bonchev–Trinajstić information content (AvgIpc) is 3.44. The van der Waals surface area contributed by atoms with Crippen LogP contribution >= 0.6 is 0 Å². The number of nitrogens with zero attached hydrogens (tertiary/aromatic N) is 1. The van der Waals surface area contributed by atoms with E-state index in [9.17, 15) is 0 Å². The highest BCUT2D eigenvalue weighted by molar-refractivity contribution is 6.05. The van der Waals surface area contributed by atoms with Gasteiger partial charge >= 0.3 is 0 Å². The molecule has 0 amide bonds. The molecule has 0 atom stereocenters. The van der Waals surface area contributed by atoms with E-state index in [2.05, 4.69) is 85.9 Å². The molecule has 1 fully saturated rings. The third-order valence-corrected chi connectivity index (χ3v) is 5.94. The van der Waals surface area contributed by atoms with E-state index in [1.54, 1.807) is 0 Å². The number of hydrogen-bond acceptors (Lipinski definition) is 1. The van der Waals surface area contributed by atoms with Gasteiger partial charge in [-0.25, -0.2) is 0 Å². The first-order valence-corrected chi connectivity index (χ1v) is 10.3.